The molecule has 0 radical (unpaired) electrons. The van der Waals surface area contributed by atoms with Crippen LogP contribution in [-0.4, -0.2) is 118 Å². The number of hydrogen-bond donors (Lipinski definition) is 1. The van der Waals surface area contributed by atoms with E-state index < -0.39 is 134 Å². The highest BCUT2D eigenvalue weighted by molar-refractivity contribution is 7.87. The van der Waals surface area contributed by atoms with Crippen LogP contribution in [-0.2, 0) is 38.7 Å². The molecule has 0 amide bonds. The average Bonchev–Trinajstić information content (AvgIpc) is 2.88. The molecule has 28 heteroatoms. The highest BCUT2D eigenvalue weighted by Gasteiger charge is 2.82. The van der Waals surface area contributed by atoms with Gasteiger partial charge in [0.2, 0.25) is 0 Å². The van der Waals surface area contributed by atoms with Crippen LogP contribution in [0, 0.1) is 0 Å². The SMILES string of the molecule is O=C(CC(C(=O)OCCOCCC(F)(F)C(F)(F)C(F)(F)C(F)(F)F)S(=O)(=O)O)OCCOCCC(F)(F)C(F)(F)C(F)(F)C(F)(F)F. The maximum atomic E-state index is 13.4. The third-order valence-corrected chi connectivity index (χ3v) is 6.56. The summed E-state index contributed by atoms with van der Waals surface area (Å²) in [5, 5.41) is -2.84. The minimum Gasteiger partial charge on any atom is -0.463 e. The molecule has 0 fully saturated rings. The van der Waals surface area contributed by atoms with Gasteiger partial charge in [0.25, 0.3) is 10.1 Å². The zero-order chi connectivity index (χ0) is 38.4. The van der Waals surface area contributed by atoms with E-state index in [1.165, 1.54) is 0 Å². The van der Waals surface area contributed by atoms with Gasteiger partial charge in [-0.25, -0.2) is 0 Å². The standard InChI is InChI=1S/C20H20F18O9S/c21-13(22,15(25,26)17(29,30)19(33,34)35)1-3-44-5-7-46-11(39)9-10(48(41,42)43)12(40)47-8-6-45-4-2-14(23,24)16(27,28)18(31,32)20(36,37)38/h10H,1-9H2,(H,41,42,43). The molecule has 48 heavy (non-hydrogen) atoms. The topological polar surface area (TPSA) is 125 Å². The lowest BCUT2D eigenvalue weighted by Crippen LogP contribution is -2.61. The fourth-order valence-corrected chi connectivity index (χ4v) is 3.42. The van der Waals surface area contributed by atoms with Crippen LogP contribution in [0.3, 0.4) is 0 Å². The predicted molar refractivity (Wildman–Crippen MR) is 115 cm³/mol. The van der Waals surface area contributed by atoms with Crippen molar-refractivity contribution in [1.29, 1.82) is 0 Å². The second kappa shape index (κ2) is 15.6. The molecule has 0 aliphatic rings. The molecular formula is C20H20F18O9S. The molecule has 1 unspecified atom stereocenters. The molecule has 9 nitrogen and oxygen atoms in total. The number of halogens is 18. The number of carbonyl (C=O) groups excluding carboxylic acids is 2. The quantitative estimate of drug-likeness (QED) is 0.0742. The smallest absolute Gasteiger partial charge is 0.460 e. The maximum Gasteiger partial charge on any atom is 0.460 e. The first-order valence-corrected chi connectivity index (χ1v) is 13.5. The van der Waals surface area contributed by atoms with Crippen molar-refractivity contribution in [1.82, 2.24) is 0 Å². The van der Waals surface area contributed by atoms with Crippen molar-refractivity contribution in [2.24, 2.45) is 0 Å². The summed E-state index contributed by atoms with van der Waals surface area (Å²) in [7, 11) is -5.55. The summed E-state index contributed by atoms with van der Waals surface area (Å²) in [5.41, 5.74) is 0. The third-order valence-electron chi connectivity index (χ3n) is 5.48. The van der Waals surface area contributed by atoms with Gasteiger partial charge in [-0.2, -0.15) is 87.4 Å². The lowest BCUT2D eigenvalue weighted by molar-refractivity contribution is -0.397. The fourth-order valence-electron chi connectivity index (χ4n) is 2.76. The molecule has 0 aromatic heterocycles. The van der Waals surface area contributed by atoms with Gasteiger partial charge in [-0.15, -0.1) is 0 Å². The van der Waals surface area contributed by atoms with Crippen molar-refractivity contribution in [2.75, 3.05) is 39.6 Å². The first kappa shape index (κ1) is 45.5. The van der Waals surface area contributed by atoms with E-state index in [-0.39, 0.29) is 0 Å². The normalized spacial score (nSPS) is 15.3. The van der Waals surface area contributed by atoms with Gasteiger partial charge in [0.05, 0.1) is 32.8 Å². The van der Waals surface area contributed by atoms with E-state index in [0.29, 0.717) is 0 Å². The summed E-state index contributed by atoms with van der Waals surface area (Å²) in [6.07, 6.45) is -20.6. The Bertz CT molecular complexity index is 1190. The van der Waals surface area contributed by atoms with Crippen molar-refractivity contribution < 1.29 is 121 Å². The van der Waals surface area contributed by atoms with Gasteiger partial charge in [0.15, 0.2) is 5.25 Å². The summed E-state index contributed by atoms with van der Waals surface area (Å²) in [4.78, 5) is 23.6. The highest BCUT2D eigenvalue weighted by atomic mass is 32.2. The Balaban J connectivity index is 4.81. The second-order valence-electron chi connectivity index (χ2n) is 9.02. The molecule has 1 atom stereocenters. The molecule has 0 heterocycles. The molecule has 0 aliphatic heterocycles. The van der Waals surface area contributed by atoms with Crippen LogP contribution in [0.15, 0.2) is 0 Å². The van der Waals surface area contributed by atoms with E-state index in [0.717, 1.165) is 0 Å². The number of hydrogen-bond acceptors (Lipinski definition) is 8. The third kappa shape index (κ3) is 10.8. The van der Waals surface area contributed by atoms with Gasteiger partial charge in [-0.3, -0.25) is 14.1 Å². The van der Waals surface area contributed by atoms with Gasteiger partial charge in [-0.1, -0.05) is 0 Å². The number of rotatable bonds is 20. The zero-order valence-electron chi connectivity index (χ0n) is 22.9. The summed E-state index contributed by atoms with van der Waals surface area (Å²) >= 11 is 0. The largest absolute Gasteiger partial charge is 0.463 e. The Morgan fingerprint density at radius 1 is 0.521 bits per heavy atom. The first-order chi connectivity index (χ1) is 21.1. The van der Waals surface area contributed by atoms with E-state index in [1.54, 1.807) is 0 Å². The molecule has 286 valence electrons. The molecule has 0 aromatic carbocycles. The van der Waals surface area contributed by atoms with Crippen molar-refractivity contribution in [2.45, 2.75) is 72.4 Å². The zero-order valence-corrected chi connectivity index (χ0v) is 23.7. The Morgan fingerprint density at radius 3 is 1.17 bits per heavy atom. The van der Waals surface area contributed by atoms with Gasteiger partial charge < -0.3 is 18.9 Å². The van der Waals surface area contributed by atoms with Crippen molar-refractivity contribution in [3.8, 4) is 0 Å². The Hall–Kier alpha value is -2.49. The molecule has 0 saturated carbocycles. The van der Waals surface area contributed by atoms with Crippen LogP contribution in [0.1, 0.15) is 19.3 Å². The second-order valence-corrected chi connectivity index (χ2v) is 10.6. The van der Waals surface area contributed by atoms with E-state index >= 15 is 0 Å². The first-order valence-electron chi connectivity index (χ1n) is 12.0. The van der Waals surface area contributed by atoms with Crippen molar-refractivity contribution >= 4 is 22.1 Å². The molecule has 1 N–H and O–H groups in total. The summed E-state index contributed by atoms with van der Waals surface area (Å²) < 4.78 is 278. The van der Waals surface area contributed by atoms with E-state index in [2.05, 4.69) is 18.9 Å². The Kier molecular flexibility index (Phi) is 14.8. The Labute approximate surface area is 255 Å². The number of carbonyl (C=O) groups is 2. The molecule has 0 rings (SSSR count). The van der Waals surface area contributed by atoms with E-state index in [9.17, 15) is 97.0 Å². The van der Waals surface area contributed by atoms with E-state index in [1.807, 2.05) is 0 Å². The van der Waals surface area contributed by atoms with Crippen LogP contribution in [0.25, 0.3) is 0 Å². The molecule has 0 aromatic rings. The molecule has 0 spiro atoms. The van der Waals surface area contributed by atoms with Crippen LogP contribution in [0.4, 0.5) is 79.0 Å². The van der Waals surface area contributed by atoms with Gasteiger partial charge in [0, 0.05) is 12.8 Å². The number of ether oxygens (including phenoxy) is 4. The molecule has 0 bridgehead atoms. The number of alkyl halides is 18. The summed E-state index contributed by atoms with van der Waals surface area (Å²) in [6.45, 7) is -7.80. The predicted octanol–water partition coefficient (Wildman–Crippen LogP) is 5.47. The van der Waals surface area contributed by atoms with Crippen molar-refractivity contribution in [3.05, 3.63) is 0 Å². The highest BCUT2D eigenvalue weighted by Crippen LogP contribution is 2.55. The summed E-state index contributed by atoms with van der Waals surface area (Å²) in [6, 6.07) is 0. The average molecular weight is 778 g/mol. The monoisotopic (exact) mass is 778 g/mol. The van der Waals surface area contributed by atoms with Crippen LogP contribution >= 0.6 is 0 Å². The molecule has 0 aliphatic carbocycles. The lowest BCUT2D eigenvalue weighted by Gasteiger charge is -2.33. The maximum absolute atomic E-state index is 13.4. The lowest BCUT2D eigenvalue weighted by atomic mass is 10.0. The number of esters is 2. The fraction of sp³-hybridized carbons (Fsp3) is 0.900. The van der Waals surface area contributed by atoms with Gasteiger partial charge >= 0.3 is 59.8 Å². The van der Waals surface area contributed by atoms with Gasteiger partial charge in [-0.05, 0) is 0 Å². The molecule has 0 saturated heterocycles. The van der Waals surface area contributed by atoms with Gasteiger partial charge in [0.1, 0.15) is 13.2 Å². The Morgan fingerprint density at radius 2 is 0.854 bits per heavy atom. The van der Waals surface area contributed by atoms with Crippen molar-refractivity contribution in [3.63, 3.8) is 0 Å². The van der Waals surface area contributed by atoms with E-state index in [4.69, 9.17) is 4.55 Å². The minimum absolute atomic E-state index is 1.07. The summed E-state index contributed by atoms with van der Waals surface area (Å²) in [5.74, 6) is -43.9. The molecular weight excluding hydrogens is 758 g/mol. The van der Waals surface area contributed by atoms with Crippen LogP contribution in [0.5, 0.6) is 0 Å². The van der Waals surface area contributed by atoms with Crippen LogP contribution < -0.4 is 0 Å². The van der Waals surface area contributed by atoms with Crippen LogP contribution in [0.2, 0.25) is 0 Å². The minimum atomic E-state index is -7.17.